The van der Waals surface area contributed by atoms with Gasteiger partial charge in [0.2, 0.25) is 5.91 Å². The van der Waals surface area contributed by atoms with Crippen LogP contribution in [0, 0.1) is 11.3 Å². The van der Waals surface area contributed by atoms with E-state index in [1.54, 1.807) is 14.2 Å². The lowest BCUT2D eigenvalue weighted by Gasteiger charge is -2.40. The van der Waals surface area contributed by atoms with Crippen LogP contribution in [0.15, 0.2) is 0 Å². The Morgan fingerprint density at radius 2 is 1.91 bits per heavy atom. The molecule has 1 N–H and O–H groups in total. The SMILES string of the molecule is CNCCN(C)Cc1nn2c(c1C1CCC(COC)(COC)CC1)CN(C(=O)C1COC1)CC2. The second-order valence-corrected chi connectivity index (χ2v) is 10.5. The highest BCUT2D eigenvalue weighted by molar-refractivity contribution is 5.79. The smallest absolute Gasteiger partial charge is 0.230 e. The van der Waals surface area contributed by atoms with Crippen molar-refractivity contribution >= 4 is 5.91 Å². The standard InChI is InChI=1S/C25H43N5O4/c1-26-9-10-28(2)13-21-23(19-5-7-25(8-6-19,17-32-3)18-33-4)22-14-29(11-12-30(22)27-21)24(31)20-15-34-16-20/h19-20,26H,5-18H2,1-4H3. The van der Waals surface area contributed by atoms with E-state index in [0.29, 0.717) is 25.7 Å². The lowest BCUT2D eigenvalue weighted by atomic mass is 9.69. The summed E-state index contributed by atoms with van der Waals surface area (Å²) in [6.07, 6.45) is 4.37. The molecule has 3 aliphatic rings. The molecule has 1 saturated carbocycles. The molecular weight excluding hydrogens is 434 g/mol. The molecule has 0 unspecified atom stereocenters. The summed E-state index contributed by atoms with van der Waals surface area (Å²) in [7, 11) is 7.72. The van der Waals surface area contributed by atoms with Gasteiger partial charge >= 0.3 is 0 Å². The first-order valence-corrected chi connectivity index (χ1v) is 12.8. The minimum Gasteiger partial charge on any atom is -0.384 e. The third-order valence-electron chi connectivity index (χ3n) is 7.91. The Morgan fingerprint density at radius 1 is 1.21 bits per heavy atom. The van der Waals surface area contributed by atoms with Crippen LogP contribution in [0.3, 0.4) is 0 Å². The molecule has 1 aromatic heterocycles. The molecule has 9 nitrogen and oxygen atoms in total. The van der Waals surface area contributed by atoms with Crippen LogP contribution in [0.25, 0.3) is 0 Å². The first-order valence-electron chi connectivity index (χ1n) is 12.8. The number of carbonyl (C=O) groups excluding carboxylic acids is 1. The number of methoxy groups -OCH3 is 2. The van der Waals surface area contributed by atoms with Crippen molar-refractivity contribution in [2.75, 3.05) is 74.4 Å². The fraction of sp³-hybridized carbons (Fsp3) is 0.840. The Labute approximate surface area is 204 Å². The maximum Gasteiger partial charge on any atom is 0.230 e. The third kappa shape index (κ3) is 5.49. The largest absolute Gasteiger partial charge is 0.384 e. The third-order valence-corrected chi connectivity index (χ3v) is 7.91. The van der Waals surface area contributed by atoms with Crippen molar-refractivity contribution in [3.8, 4) is 0 Å². The Bertz CT molecular complexity index is 808. The molecule has 0 aromatic carbocycles. The quantitative estimate of drug-likeness (QED) is 0.517. The summed E-state index contributed by atoms with van der Waals surface area (Å²) in [6.45, 7) is 7.52. The van der Waals surface area contributed by atoms with Crippen LogP contribution in [-0.2, 0) is 38.6 Å². The molecule has 4 rings (SSSR count). The van der Waals surface area contributed by atoms with Gasteiger partial charge in [-0.25, -0.2) is 0 Å². The molecule has 2 aliphatic heterocycles. The fourth-order valence-electron chi connectivity index (χ4n) is 5.90. The van der Waals surface area contributed by atoms with Crippen molar-refractivity contribution in [2.24, 2.45) is 11.3 Å². The summed E-state index contributed by atoms with van der Waals surface area (Å²) in [5, 5.41) is 8.34. The normalized spacial score (nSPS) is 21.0. The van der Waals surface area contributed by atoms with Crippen molar-refractivity contribution in [1.29, 1.82) is 0 Å². The van der Waals surface area contributed by atoms with Crippen molar-refractivity contribution in [2.45, 2.75) is 51.2 Å². The van der Waals surface area contributed by atoms with E-state index in [-0.39, 0.29) is 17.2 Å². The first-order chi connectivity index (χ1) is 16.5. The molecule has 9 heteroatoms. The van der Waals surface area contributed by atoms with Gasteiger partial charge in [0, 0.05) is 51.4 Å². The number of aromatic nitrogens is 2. The number of fused-ring (bicyclic) bond motifs is 1. The number of likely N-dealkylation sites (N-methyl/N-ethyl adjacent to an activating group) is 2. The van der Waals surface area contributed by atoms with Gasteiger partial charge in [0.05, 0.1) is 56.8 Å². The van der Waals surface area contributed by atoms with E-state index in [9.17, 15) is 4.79 Å². The van der Waals surface area contributed by atoms with E-state index < -0.39 is 0 Å². The molecule has 1 saturated heterocycles. The van der Waals surface area contributed by atoms with Gasteiger partial charge < -0.3 is 24.4 Å². The number of ether oxygens (including phenoxy) is 3. The highest BCUT2D eigenvalue weighted by atomic mass is 16.5. The van der Waals surface area contributed by atoms with Crippen LogP contribution in [0.4, 0.5) is 0 Å². The maximum absolute atomic E-state index is 13.0. The minimum absolute atomic E-state index is 0.0310. The van der Waals surface area contributed by atoms with Crippen molar-refractivity contribution in [3.05, 3.63) is 17.0 Å². The van der Waals surface area contributed by atoms with Gasteiger partial charge in [-0.15, -0.1) is 0 Å². The van der Waals surface area contributed by atoms with Crippen LogP contribution < -0.4 is 5.32 Å². The molecule has 0 bridgehead atoms. The second kappa shape index (κ2) is 11.5. The highest BCUT2D eigenvalue weighted by Gasteiger charge is 2.40. The molecule has 0 radical (unpaired) electrons. The zero-order valence-electron chi connectivity index (χ0n) is 21.5. The average Bonchev–Trinajstić information content (AvgIpc) is 3.14. The molecule has 192 valence electrons. The summed E-state index contributed by atoms with van der Waals surface area (Å²) >= 11 is 0. The monoisotopic (exact) mass is 477 g/mol. The van der Waals surface area contributed by atoms with Crippen molar-refractivity contribution in [1.82, 2.24) is 24.9 Å². The van der Waals surface area contributed by atoms with E-state index in [4.69, 9.17) is 19.3 Å². The molecule has 1 aliphatic carbocycles. The second-order valence-electron chi connectivity index (χ2n) is 10.5. The fourth-order valence-corrected chi connectivity index (χ4v) is 5.90. The lowest BCUT2D eigenvalue weighted by molar-refractivity contribution is -0.151. The molecule has 1 aromatic rings. The minimum atomic E-state index is 0.0310. The molecular formula is C25H43N5O4. The van der Waals surface area contributed by atoms with Crippen molar-refractivity contribution in [3.63, 3.8) is 0 Å². The number of hydrogen-bond acceptors (Lipinski definition) is 7. The van der Waals surface area contributed by atoms with Gasteiger partial charge in [-0.05, 0) is 45.7 Å². The number of carbonyl (C=O) groups is 1. The zero-order valence-corrected chi connectivity index (χ0v) is 21.5. The summed E-state index contributed by atoms with van der Waals surface area (Å²) in [4.78, 5) is 17.4. The Kier molecular flexibility index (Phi) is 8.63. The molecule has 34 heavy (non-hydrogen) atoms. The van der Waals surface area contributed by atoms with Gasteiger partial charge in [0.25, 0.3) is 0 Å². The van der Waals surface area contributed by atoms with Crippen LogP contribution >= 0.6 is 0 Å². The van der Waals surface area contributed by atoms with Gasteiger partial charge in [0.1, 0.15) is 0 Å². The first kappa shape index (κ1) is 25.6. The van der Waals surface area contributed by atoms with Gasteiger partial charge in [0.15, 0.2) is 0 Å². The Hall–Kier alpha value is -1.52. The highest BCUT2D eigenvalue weighted by Crippen LogP contribution is 2.45. The number of nitrogens with one attached hydrogen (secondary N) is 1. The van der Waals surface area contributed by atoms with E-state index in [1.807, 2.05) is 11.9 Å². The lowest BCUT2D eigenvalue weighted by Crippen LogP contribution is -2.47. The predicted octanol–water partition coefficient (Wildman–Crippen LogP) is 1.46. The van der Waals surface area contributed by atoms with E-state index >= 15 is 0 Å². The molecule has 0 atom stereocenters. The summed E-state index contributed by atoms with van der Waals surface area (Å²) in [6, 6.07) is 0. The number of rotatable bonds is 11. The number of nitrogens with zero attached hydrogens (tertiary/aromatic N) is 4. The summed E-state index contributed by atoms with van der Waals surface area (Å²) < 4.78 is 18.6. The Balaban J connectivity index is 1.56. The molecule has 2 fully saturated rings. The maximum atomic E-state index is 13.0. The van der Waals surface area contributed by atoms with Crippen LogP contribution in [0.5, 0.6) is 0 Å². The summed E-state index contributed by atoms with van der Waals surface area (Å²) in [5.41, 5.74) is 3.92. The van der Waals surface area contributed by atoms with Gasteiger partial charge in [-0.3, -0.25) is 14.4 Å². The van der Waals surface area contributed by atoms with E-state index in [1.165, 1.54) is 17.0 Å². The Morgan fingerprint density at radius 3 is 2.50 bits per heavy atom. The predicted molar refractivity (Wildman–Crippen MR) is 130 cm³/mol. The van der Waals surface area contributed by atoms with Crippen LogP contribution in [0.1, 0.15) is 48.6 Å². The number of hydrogen-bond donors (Lipinski definition) is 1. The van der Waals surface area contributed by atoms with E-state index in [0.717, 1.165) is 71.6 Å². The average molecular weight is 478 g/mol. The van der Waals surface area contributed by atoms with Gasteiger partial charge in [-0.1, -0.05) is 0 Å². The zero-order chi connectivity index (χ0) is 24.1. The molecule has 1 amide bonds. The van der Waals surface area contributed by atoms with Crippen LogP contribution in [0.2, 0.25) is 0 Å². The van der Waals surface area contributed by atoms with E-state index in [2.05, 4.69) is 21.9 Å². The van der Waals surface area contributed by atoms with Crippen LogP contribution in [-0.4, -0.2) is 99.9 Å². The molecule has 3 heterocycles. The topological polar surface area (TPSA) is 81.1 Å². The van der Waals surface area contributed by atoms with Gasteiger partial charge in [-0.2, -0.15) is 5.10 Å². The van der Waals surface area contributed by atoms with Crippen molar-refractivity contribution < 1.29 is 19.0 Å². The molecule has 0 spiro atoms. The number of amides is 1. The summed E-state index contributed by atoms with van der Waals surface area (Å²) in [5.74, 6) is 0.726.